The van der Waals surface area contributed by atoms with E-state index in [0.717, 1.165) is 6.42 Å². The van der Waals surface area contributed by atoms with Crippen LogP contribution in [0.15, 0.2) is 48.6 Å². The van der Waals surface area contributed by atoms with Gasteiger partial charge in [0.2, 0.25) is 0 Å². The highest BCUT2D eigenvalue weighted by Crippen LogP contribution is 1.99. The maximum Gasteiger partial charge on any atom is -0.00943 e. The molecule has 0 saturated carbocycles. The SMILES string of the molecule is [CH]=CC=CCc1ccccc1. The van der Waals surface area contributed by atoms with Crippen LogP contribution in [0.2, 0.25) is 0 Å². The van der Waals surface area contributed by atoms with Gasteiger partial charge in [-0.1, -0.05) is 55.1 Å². The predicted molar refractivity (Wildman–Crippen MR) is 48.2 cm³/mol. The molecule has 55 valence electrons. The van der Waals surface area contributed by atoms with Crippen molar-refractivity contribution in [3.8, 4) is 0 Å². The first-order valence-electron chi connectivity index (χ1n) is 3.67. The highest BCUT2D eigenvalue weighted by atomic mass is 13.9. The summed E-state index contributed by atoms with van der Waals surface area (Å²) in [5, 5.41) is 0. The Balaban J connectivity index is 2.51. The summed E-state index contributed by atoms with van der Waals surface area (Å²) in [6.07, 6.45) is 6.39. The van der Waals surface area contributed by atoms with E-state index in [4.69, 9.17) is 6.58 Å². The van der Waals surface area contributed by atoms with Gasteiger partial charge in [-0.2, -0.15) is 0 Å². The molecule has 1 radical (unpaired) electrons. The first kappa shape index (κ1) is 7.80. The second-order valence-electron chi connectivity index (χ2n) is 2.31. The minimum Gasteiger partial charge on any atom is -0.0801 e. The molecule has 0 fully saturated rings. The van der Waals surface area contributed by atoms with E-state index in [1.54, 1.807) is 6.08 Å². The fraction of sp³-hybridized carbons (Fsp3) is 0.0909. The molecule has 0 spiro atoms. The van der Waals surface area contributed by atoms with Gasteiger partial charge in [0.25, 0.3) is 0 Å². The fourth-order valence-corrected chi connectivity index (χ4v) is 0.897. The molecule has 0 bridgehead atoms. The van der Waals surface area contributed by atoms with Gasteiger partial charge >= 0.3 is 0 Å². The van der Waals surface area contributed by atoms with Crippen LogP contribution >= 0.6 is 0 Å². The number of hydrogen-bond acceptors (Lipinski definition) is 0. The minimum absolute atomic E-state index is 0.953. The Kier molecular flexibility index (Phi) is 3.20. The Labute approximate surface area is 67.9 Å². The van der Waals surface area contributed by atoms with Gasteiger partial charge in [0, 0.05) is 0 Å². The van der Waals surface area contributed by atoms with E-state index in [1.807, 2.05) is 30.4 Å². The largest absolute Gasteiger partial charge is 0.0801 e. The van der Waals surface area contributed by atoms with Gasteiger partial charge in [-0.25, -0.2) is 0 Å². The first-order chi connectivity index (χ1) is 5.43. The summed E-state index contributed by atoms with van der Waals surface area (Å²) in [7, 11) is 0. The maximum atomic E-state index is 5.18. The third kappa shape index (κ3) is 2.85. The van der Waals surface area contributed by atoms with E-state index in [-0.39, 0.29) is 0 Å². The van der Waals surface area contributed by atoms with Crippen molar-refractivity contribution < 1.29 is 0 Å². The van der Waals surface area contributed by atoms with E-state index < -0.39 is 0 Å². The van der Waals surface area contributed by atoms with Crippen LogP contribution < -0.4 is 0 Å². The van der Waals surface area contributed by atoms with Gasteiger partial charge in [-0.3, -0.25) is 0 Å². The van der Waals surface area contributed by atoms with Gasteiger partial charge in [0.15, 0.2) is 0 Å². The number of hydrogen-bond donors (Lipinski definition) is 0. The Bertz CT molecular complexity index is 231. The van der Waals surface area contributed by atoms with E-state index in [2.05, 4.69) is 12.1 Å². The molecule has 1 aromatic carbocycles. The molecule has 0 aliphatic rings. The summed E-state index contributed by atoms with van der Waals surface area (Å²) >= 11 is 0. The Morgan fingerprint density at radius 2 is 1.91 bits per heavy atom. The van der Waals surface area contributed by atoms with Crippen molar-refractivity contribution in [1.82, 2.24) is 0 Å². The van der Waals surface area contributed by atoms with Crippen LogP contribution in [-0.2, 0) is 6.42 Å². The van der Waals surface area contributed by atoms with Crippen molar-refractivity contribution in [3.05, 3.63) is 60.7 Å². The van der Waals surface area contributed by atoms with Gasteiger partial charge < -0.3 is 0 Å². The summed E-state index contributed by atoms with van der Waals surface area (Å²) in [4.78, 5) is 0. The molecule has 0 amide bonds. The second kappa shape index (κ2) is 4.51. The molecule has 1 aromatic rings. The lowest BCUT2D eigenvalue weighted by Gasteiger charge is -1.92. The molecule has 0 unspecified atom stereocenters. The Morgan fingerprint density at radius 1 is 1.18 bits per heavy atom. The molecular weight excluding hydrogens is 132 g/mol. The molecule has 0 atom stereocenters. The lowest BCUT2D eigenvalue weighted by Crippen LogP contribution is -1.77. The molecule has 0 heterocycles. The van der Waals surface area contributed by atoms with E-state index in [9.17, 15) is 0 Å². The van der Waals surface area contributed by atoms with Gasteiger partial charge in [0.05, 0.1) is 0 Å². The number of allylic oxidation sites excluding steroid dienone is 3. The van der Waals surface area contributed by atoms with Crippen LogP contribution in [0.4, 0.5) is 0 Å². The molecular formula is C11H11. The molecule has 1 rings (SSSR count). The first-order valence-corrected chi connectivity index (χ1v) is 3.67. The minimum atomic E-state index is 0.953. The highest BCUT2D eigenvalue weighted by Gasteiger charge is 1.83. The summed E-state index contributed by atoms with van der Waals surface area (Å²) < 4.78 is 0. The zero-order valence-electron chi connectivity index (χ0n) is 6.40. The van der Waals surface area contributed by atoms with Crippen molar-refractivity contribution in [2.45, 2.75) is 6.42 Å². The lowest BCUT2D eigenvalue weighted by atomic mass is 10.1. The predicted octanol–water partition coefficient (Wildman–Crippen LogP) is 2.77. The van der Waals surface area contributed by atoms with Crippen molar-refractivity contribution in [3.63, 3.8) is 0 Å². The fourth-order valence-electron chi connectivity index (χ4n) is 0.897. The molecule has 0 aliphatic carbocycles. The molecule has 0 saturated heterocycles. The van der Waals surface area contributed by atoms with Crippen molar-refractivity contribution in [2.24, 2.45) is 0 Å². The lowest BCUT2D eigenvalue weighted by molar-refractivity contribution is 1.27. The summed E-state index contributed by atoms with van der Waals surface area (Å²) in [5.41, 5.74) is 1.31. The Hall–Kier alpha value is -1.30. The zero-order chi connectivity index (χ0) is 7.94. The second-order valence-corrected chi connectivity index (χ2v) is 2.31. The average Bonchev–Trinajstić information content (AvgIpc) is 2.07. The number of benzene rings is 1. The van der Waals surface area contributed by atoms with Gasteiger partial charge in [-0.15, -0.1) is 0 Å². The molecule has 0 nitrogen and oxygen atoms in total. The van der Waals surface area contributed by atoms with Crippen LogP contribution in [-0.4, -0.2) is 0 Å². The molecule has 11 heavy (non-hydrogen) atoms. The normalized spacial score (nSPS) is 10.2. The van der Waals surface area contributed by atoms with Gasteiger partial charge in [0.1, 0.15) is 0 Å². The smallest absolute Gasteiger partial charge is 0.00943 e. The molecule has 0 aromatic heterocycles. The topological polar surface area (TPSA) is 0 Å². The van der Waals surface area contributed by atoms with Crippen molar-refractivity contribution in [1.29, 1.82) is 0 Å². The monoisotopic (exact) mass is 143 g/mol. The quantitative estimate of drug-likeness (QED) is 0.571. The maximum absolute atomic E-state index is 5.18. The Morgan fingerprint density at radius 3 is 2.55 bits per heavy atom. The van der Waals surface area contributed by atoms with Crippen LogP contribution in [0, 0.1) is 6.58 Å². The van der Waals surface area contributed by atoms with E-state index >= 15 is 0 Å². The van der Waals surface area contributed by atoms with Crippen LogP contribution in [0.1, 0.15) is 5.56 Å². The average molecular weight is 143 g/mol. The van der Waals surface area contributed by atoms with E-state index in [0.29, 0.717) is 0 Å². The van der Waals surface area contributed by atoms with E-state index in [1.165, 1.54) is 5.56 Å². The third-order valence-corrected chi connectivity index (χ3v) is 1.44. The molecule has 0 heteroatoms. The summed E-state index contributed by atoms with van der Waals surface area (Å²) in [6, 6.07) is 10.3. The molecule has 0 N–H and O–H groups in total. The summed E-state index contributed by atoms with van der Waals surface area (Å²) in [6.45, 7) is 5.18. The standard InChI is InChI=1S/C11H11/c1-2-3-5-8-11-9-6-4-7-10-11/h1-7,9-10H,8H2. The van der Waals surface area contributed by atoms with Crippen LogP contribution in [0.25, 0.3) is 0 Å². The third-order valence-electron chi connectivity index (χ3n) is 1.44. The van der Waals surface area contributed by atoms with Crippen LogP contribution in [0.3, 0.4) is 0 Å². The van der Waals surface area contributed by atoms with Crippen LogP contribution in [0.5, 0.6) is 0 Å². The van der Waals surface area contributed by atoms with Crippen molar-refractivity contribution in [2.75, 3.05) is 0 Å². The number of rotatable bonds is 3. The highest BCUT2D eigenvalue weighted by molar-refractivity contribution is 5.18. The summed E-state index contributed by atoms with van der Waals surface area (Å²) in [5.74, 6) is 0. The van der Waals surface area contributed by atoms with Crippen molar-refractivity contribution >= 4 is 0 Å². The van der Waals surface area contributed by atoms with Gasteiger partial charge in [-0.05, 0) is 12.0 Å². The zero-order valence-corrected chi connectivity index (χ0v) is 6.40. The molecule has 0 aliphatic heterocycles.